The molecule has 2 heterocycles. The second-order valence-corrected chi connectivity index (χ2v) is 8.53. The molecule has 0 amide bonds. The summed E-state index contributed by atoms with van der Waals surface area (Å²) < 4.78 is 13.7. The van der Waals surface area contributed by atoms with Crippen LogP contribution in [0.3, 0.4) is 0 Å². The van der Waals surface area contributed by atoms with Crippen LogP contribution in [-0.2, 0) is 6.54 Å². The lowest BCUT2D eigenvalue weighted by atomic mass is 10.1. The summed E-state index contributed by atoms with van der Waals surface area (Å²) in [5.74, 6) is 0.474. The van der Waals surface area contributed by atoms with Crippen molar-refractivity contribution < 1.29 is 14.3 Å². The van der Waals surface area contributed by atoms with Crippen LogP contribution in [0.25, 0.3) is 22.2 Å². The molecule has 164 valence electrons. The Hall–Kier alpha value is -3.17. The Bertz CT molecular complexity index is 1440. The van der Waals surface area contributed by atoms with Crippen molar-refractivity contribution in [1.29, 1.82) is 0 Å². The van der Waals surface area contributed by atoms with Gasteiger partial charge < -0.3 is 18.8 Å². The number of hydrogen-bond donors (Lipinski definition) is 1. The van der Waals surface area contributed by atoms with Crippen LogP contribution in [0.4, 0.5) is 0 Å². The summed E-state index contributed by atoms with van der Waals surface area (Å²) in [7, 11) is 0. The number of ether oxygens (including phenoxy) is 1. The lowest BCUT2D eigenvalue weighted by Gasteiger charge is -2.06. The summed E-state index contributed by atoms with van der Waals surface area (Å²) in [6.45, 7) is 4.89. The Morgan fingerprint density at radius 1 is 1.22 bits per heavy atom. The highest BCUT2D eigenvalue weighted by molar-refractivity contribution is 9.10. The van der Waals surface area contributed by atoms with E-state index in [0.717, 1.165) is 21.1 Å². The van der Waals surface area contributed by atoms with Crippen LogP contribution in [0, 0.1) is 0 Å². The van der Waals surface area contributed by atoms with Gasteiger partial charge in [0.15, 0.2) is 11.5 Å². The zero-order valence-electron chi connectivity index (χ0n) is 17.4. The van der Waals surface area contributed by atoms with E-state index in [0.29, 0.717) is 34.8 Å². The molecule has 0 aliphatic rings. The minimum atomic E-state index is -0.401. The van der Waals surface area contributed by atoms with Gasteiger partial charge in [-0.2, -0.15) is 5.10 Å². The van der Waals surface area contributed by atoms with Crippen molar-refractivity contribution in [3.63, 3.8) is 0 Å². The van der Waals surface area contributed by atoms with Crippen LogP contribution in [0.2, 0.25) is 0 Å². The molecule has 1 N–H and O–H groups in total. The predicted molar refractivity (Wildman–Crippen MR) is 130 cm³/mol. The first-order chi connectivity index (χ1) is 15.5. The van der Waals surface area contributed by atoms with Crippen LogP contribution in [0.15, 0.2) is 71.7 Å². The van der Waals surface area contributed by atoms with Gasteiger partial charge in [0.05, 0.1) is 24.1 Å². The maximum Gasteiger partial charge on any atom is 0.345 e. The Kier molecular flexibility index (Phi) is 6.57. The molecule has 4 aromatic rings. The number of phenolic OH excluding ortho intramolecular Hbond substituents is 1. The molecule has 0 saturated carbocycles. The molecular weight excluding hydrogens is 494 g/mol. The zero-order valence-corrected chi connectivity index (χ0v) is 19.8. The molecule has 0 fully saturated rings. The fourth-order valence-corrected chi connectivity index (χ4v) is 4.53. The molecule has 0 bridgehead atoms. The quantitative estimate of drug-likeness (QED) is 0.219. The Morgan fingerprint density at radius 3 is 2.84 bits per heavy atom. The van der Waals surface area contributed by atoms with Crippen molar-refractivity contribution in [2.75, 3.05) is 6.61 Å². The zero-order chi connectivity index (χ0) is 22.7. The van der Waals surface area contributed by atoms with E-state index in [2.05, 4.69) is 26.1 Å². The van der Waals surface area contributed by atoms with Gasteiger partial charge in [-0.05, 0) is 61.9 Å². The van der Waals surface area contributed by atoms with E-state index < -0.39 is 5.63 Å². The molecule has 9 heteroatoms. The molecule has 32 heavy (non-hydrogen) atoms. The minimum Gasteiger partial charge on any atom is -0.504 e. The van der Waals surface area contributed by atoms with Gasteiger partial charge in [-0.1, -0.05) is 15.9 Å². The number of halogens is 1. The molecule has 0 radical (unpaired) electrons. The molecule has 0 spiro atoms. The van der Waals surface area contributed by atoms with Crippen molar-refractivity contribution in [3.8, 4) is 22.8 Å². The fourth-order valence-electron chi connectivity index (χ4n) is 3.23. The van der Waals surface area contributed by atoms with Crippen molar-refractivity contribution in [2.45, 2.75) is 20.4 Å². The normalized spacial score (nSPS) is 12.2. The highest BCUT2D eigenvalue weighted by Gasteiger charge is 2.13. The third kappa shape index (κ3) is 4.53. The monoisotopic (exact) mass is 513 g/mol. The maximum absolute atomic E-state index is 12.6. The van der Waals surface area contributed by atoms with Gasteiger partial charge in [0.2, 0.25) is 4.80 Å². The van der Waals surface area contributed by atoms with E-state index in [1.54, 1.807) is 30.5 Å². The third-order valence-electron chi connectivity index (χ3n) is 4.72. The Labute approximate surface area is 196 Å². The molecule has 0 aliphatic heterocycles. The van der Waals surface area contributed by atoms with Crippen LogP contribution in [-0.4, -0.2) is 22.5 Å². The van der Waals surface area contributed by atoms with E-state index in [1.807, 2.05) is 42.0 Å². The summed E-state index contributed by atoms with van der Waals surface area (Å²) in [6, 6.07) is 12.3. The molecule has 2 aromatic heterocycles. The number of nitrogens with zero attached hydrogens (tertiary/aromatic N) is 3. The molecular formula is C23H20BrN3O4S. The summed E-state index contributed by atoms with van der Waals surface area (Å²) in [5, 5.41) is 21.0. The number of rotatable bonds is 6. The highest BCUT2D eigenvalue weighted by atomic mass is 79.9. The predicted octanol–water partition coefficient (Wildman–Crippen LogP) is 5.14. The van der Waals surface area contributed by atoms with Gasteiger partial charge in [-0.25, -0.2) is 4.79 Å². The van der Waals surface area contributed by atoms with Crippen molar-refractivity contribution in [1.82, 2.24) is 4.57 Å². The Balaban J connectivity index is 1.71. The van der Waals surface area contributed by atoms with E-state index in [-0.39, 0.29) is 5.75 Å². The summed E-state index contributed by atoms with van der Waals surface area (Å²) >= 11 is 4.84. The number of aromatic nitrogens is 1. The lowest BCUT2D eigenvalue weighted by Crippen LogP contribution is -2.16. The van der Waals surface area contributed by atoms with Crippen LogP contribution < -0.4 is 15.2 Å². The van der Waals surface area contributed by atoms with E-state index >= 15 is 0 Å². The Morgan fingerprint density at radius 2 is 2.06 bits per heavy atom. The summed E-state index contributed by atoms with van der Waals surface area (Å²) in [4.78, 5) is 13.3. The average Bonchev–Trinajstić information content (AvgIpc) is 3.18. The first-order valence-electron chi connectivity index (χ1n) is 9.95. The van der Waals surface area contributed by atoms with E-state index in [1.165, 1.54) is 11.3 Å². The van der Waals surface area contributed by atoms with E-state index in [9.17, 15) is 9.90 Å². The van der Waals surface area contributed by atoms with E-state index in [4.69, 9.17) is 9.15 Å². The lowest BCUT2D eigenvalue weighted by molar-refractivity contribution is 0.318. The standard InChI is InChI=1S/C23H20BrN3O4S/c1-3-27-18(17-11-15-10-16(24)6-8-20(15)31-22(17)29)13-32-23(27)26-25-12-14-5-7-19(28)21(9-14)30-4-2/h5-13,28H,3-4H2,1-2H3/b25-12+,26-23-. The second-order valence-electron chi connectivity index (χ2n) is 6.78. The second kappa shape index (κ2) is 9.54. The highest BCUT2D eigenvalue weighted by Crippen LogP contribution is 2.26. The van der Waals surface area contributed by atoms with Gasteiger partial charge in [0, 0.05) is 21.8 Å². The van der Waals surface area contributed by atoms with Crippen molar-refractivity contribution in [3.05, 3.63) is 73.1 Å². The van der Waals surface area contributed by atoms with Gasteiger partial charge in [0.25, 0.3) is 0 Å². The maximum atomic E-state index is 12.6. The topological polar surface area (TPSA) is 89.3 Å². The molecule has 7 nitrogen and oxygen atoms in total. The molecule has 0 atom stereocenters. The average molecular weight is 514 g/mol. The summed E-state index contributed by atoms with van der Waals surface area (Å²) in [5.41, 5.74) is 2.08. The molecule has 4 rings (SSSR count). The van der Waals surface area contributed by atoms with Crippen LogP contribution >= 0.6 is 27.3 Å². The largest absolute Gasteiger partial charge is 0.504 e. The number of phenols is 1. The first-order valence-corrected chi connectivity index (χ1v) is 11.6. The molecule has 2 aromatic carbocycles. The smallest absolute Gasteiger partial charge is 0.345 e. The SMILES string of the molecule is CCOc1cc(/C=N/N=c2\scc(-c3cc4cc(Br)ccc4oc3=O)n2CC)ccc1O. The van der Waals surface area contributed by atoms with Crippen LogP contribution in [0.1, 0.15) is 19.4 Å². The van der Waals surface area contributed by atoms with Crippen LogP contribution in [0.5, 0.6) is 11.5 Å². The molecule has 0 saturated heterocycles. The van der Waals surface area contributed by atoms with Crippen molar-refractivity contribution in [2.24, 2.45) is 10.2 Å². The number of thiazole rings is 1. The third-order valence-corrected chi connectivity index (χ3v) is 6.07. The van der Waals surface area contributed by atoms with Gasteiger partial charge in [0.1, 0.15) is 5.58 Å². The van der Waals surface area contributed by atoms with Gasteiger partial charge in [-0.15, -0.1) is 16.4 Å². The number of aromatic hydroxyl groups is 1. The minimum absolute atomic E-state index is 0.0777. The number of hydrogen-bond acceptors (Lipinski definition) is 7. The molecule has 0 aliphatic carbocycles. The van der Waals surface area contributed by atoms with Gasteiger partial charge >= 0.3 is 5.63 Å². The number of fused-ring (bicyclic) bond motifs is 1. The van der Waals surface area contributed by atoms with Gasteiger partial charge in [-0.3, -0.25) is 0 Å². The molecule has 0 unspecified atom stereocenters. The fraction of sp³-hybridized carbons (Fsp3) is 0.174. The summed E-state index contributed by atoms with van der Waals surface area (Å²) in [6.07, 6.45) is 1.59. The first kappa shape index (κ1) is 22.0. The number of benzene rings is 2. The van der Waals surface area contributed by atoms with Crippen molar-refractivity contribution >= 4 is 44.5 Å².